The second kappa shape index (κ2) is 6.37. The zero-order valence-electron chi connectivity index (χ0n) is 10.3. The van der Waals surface area contributed by atoms with Crippen LogP contribution in [0.4, 0.5) is 18.9 Å². The number of hydrogen-bond donors (Lipinski definition) is 0. The van der Waals surface area contributed by atoms with Gasteiger partial charge < -0.3 is 4.90 Å². The van der Waals surface area contributed by atoms with Crippen molar-refractivity contribution in [3.05, 3.63) is 37.4 Å². The van der Waals surface area contributed by atoms with Gasteiger partial charge in [0.25, 0.3) is 11.6 Å². The number of benzene rings is 1. The van der Waals surface area contributed by atoms with E-state index in [1.54, 1.807) is 22.6 Å². The molecular weight excluding hydrogens is 392 g/mol. The Labute approximate surface area is 126 Å². The molecule has 0 aliphatic heterocycles. The van der Waals surface area contributed by atoms with Crippen LogP contribution in [-0.2, 0) is 0 Å². The van der Waals surface area contributed by atoms with Crippen molar-refractivity contribution >= 4 is 34.2 Å². The average Bonchev–Trinajstić information content (AvgIpc) is 2.34. The van der Waals surface area contributed by atoms with Crippen LogP contribution < -0.4 is 0 Å². The van der Waals surface area contributed by atoms with E-state index in [1.807, 2.05) is 0 Å². The molecule has 0 unspecified atom stereocenters. The smallest absolute Gasteiger partial charge is 0.330 e. The summed E-state index contributed by atoms with van der Waals surface area (Å²) in [4.78, 5) is 22.6. The van der Waals surface area contributed by atoms with Crippen molar-refractivity contribution in [1.29, 1.82) is 0 Å². The van der Waals surface area contributed by atoms with Crippen LogP contribution in [-0.4, -0.2) is 35.0 Å². The van der Waals surface area contributed by atoms with Crippen LogP contribution in [0.2, 0.25) is 0 Å². The van der Waals surface area contributed by atoms with Gasteiger partial charge in [0.05, 0.1) is 10.5 Å². The Kier molecular flexibility index (Phi) is 5.31. The second-order valence-electron chi connectivity index (χ2n) is 3.86. The molecule has 0 bridgehead atoms. The van der Waals surface area contributed by atoms with E-state index < -0.39 is 23.6 Å². The number of amides is 1. The molecule has 0 saturated heterocycles. The molecule has 0 N–H and O–H groups in total. The summed E-state index contributed by atoms with van der Waals surface area (Å²) >= 11 is 1.75. The lowest BCUT2D eigenvalue weighted by atomic mass is 10.1. The first-order valence-corrected chi connectivity index (χ1v) is 6.53. The van der Waals surface area contributed by atoms with Gasteiger partial charge in [-0.15, -0.1) is 0 Å². The predicted octanol–water partition coefficient (Wildman–Crippen LogP) is 3.22. The van der Waals surface area contributed by atoms with E-state index in [0.717, 1.165) is 6.07 Å². The second-order valence-corrected chi connectivity index (χ2v) is 5.02. The zero-order chi connectivity index (χ0) is 15.5. The molecule has 0 aliphatic rings. The third-order valence-electron chi connectivity index (χ3n) is 2.43. The number of hydrogen-bond acceptors (Lipinski definition) is 3. The summed E-state index contributed by atoms with van der Waals surface area (Å²) in [6.45, 7) is -0.119. The van der Waals surface area contributed by atoms with Gasteiger partial charge in [-0.05, 0) is 35.6 Å². The van der Waals surface area contributed by atoms with Crippen LogP contribution in [0.5, 0.6) is 0 Å². The summed E-state index contributed by atoms with van der Waals surface area (Å²) in [7, 11) is 0. The van der Waals surface area contributed by atoms with Gasteiger partial charge in [0.1, 0.15) is 6.54 Å². The maximum absolute atomic E-state index is 12.4. The Hall–Kier alpha value is -1.39. The van der Waals surface area contributed by atoms with Gasteiger partial charge in [0.2, 0.25) is 0 Å². The molecule has 0 fully saturated rings. The van der Waals surface area contributed by atoms with Crippen LogP contribution in [0.15, 0.2) is 18.2 Å². The summed E-state index contributed by atoms with van der Waals surface area (Å²) in [5.41, 5.74) is -0.442. The fourth-order valence-electron chi connectivity index (χ4n) is 1.50. The van der Waals surface area contributed by atoms with Crippen LogP contribution in [0, 0.1) is 13.7 Å². The lowest BCUT2D eigenvalue weighted by Gasteiger charge is -2.22. The van der Waals surface area contributed by atoms with E-state index in [4.69, 9.17) is 0 Å². The highest BCUT2D eigenvalue weighted by molar-refractivity contribution is 14.1. The number of nitrogens with zero attached hydrogens (tertiary/aromatic N) is 2. The van der Waals surface area contributed by atoms with E-state index in [1.165, 1.54) is 19.1 Å². The summed E-state index contributed by atoms with van der Waals surface area (Å²) in [5, 5.41) is 10.7. The minimum atomic E-state index is -4.52. The molecule has 5 nitrogen and oxygen atoms in total. The summed E-state index contributed by atoms with van der Waals surface area (Å²) in [6, 6.07) is 3.51. The average molecular weight is 402 g/mol. The van der Waals surface area contributed by atoms with Crippen LogP contribution >= 0.6 is 22.6 Å². The predicted molar refractivity (Wildman–Crippen MR) is 73.4 cm³/mol. The number of alkyl halides is 3. The molecule has 1 aromatic rings. The molecule has 0 saturated carbocycles. The first kappa shape index (κ1) is 16.7. The minimum Gasteiger partial charge on any atom is -0.330 e. The summed E-state index contributed by atoms with van der Waals surface area (Å²) in [6.07, 6.45) is -4.52. The lowest BCUT2D eigenvalue weighted by Crippen LogP contribution is -2.39. The third kappa shape index (κ3) is 4.32. The number of carbonyl (C=O) groups excluding carboxylic acids is 1. The SMILES string of the molecule is CCN(CC(F)(F)F)C(=O)c1cc([N+](=O)[O-])ccc1I. The van der Waals surface area contributed by atoms with Crippen molar-refractivity contribution < 1.29 is 22.9 Å². The molecule has 0 atom stereocenters. The van der Waals surface area contributed by atoms with Crippen molar-refractivity contribution in [2.24, 2.45) is 0 Å². The van der Waals surface area contributed by atoms with Gasteiger partial charge >= 0.3 is 6.18 Å². The van der Waals surface area contributed by atoms with E-state index in [2.05, 4.69) is 0 Å². The molecule has 110 valence electrons. The van der Waals surface area contributed by atoms with E-state index in [-0.39, 0.29) is 17.8 Å². The van der Waals surface area contributed by atoms with Crippen molar-refractivity contribution in [1.82, 2.24) is 4.90 Å². The van der Waals surface area contributed by atoms with E-state index in [9.17, 15) is 28.1 Å². The molecule has 0 aliphatic carbocycles. The Morgan fingerprint density at radius 1 is 1.45 bits per heavy atom. The topological polar surface area (TPSA) is 63.5 Å². The molecule has 0 heterocycles. The number of carbonyl (C=O) groups is 1. The van der Waals surface area contributed by atoms with Gasteiger partial charge in [0, 0.05) is 22.2 Å². The standard InChI is InChI=1S/C11H10F3IN2O3/c1-2-16(6-11(12,13)14)10(18)8-5-7(17(19)20)3-4-9(8)15/h3-5H,2,6H2,1H3. The quantitative estimate of drug-likeness (QED) is 0.442. The number of nitro benzene ring substituents is 1. The highest BCUT2D eigenvalue weighted by atomic mass is 127. The normalized spacial score (nSPS) is 11.2. The van der Waals surface area contributed by atoms with Crippen molar-refractivity contribution in [2.45, 2.75) is 13.1 Å². The summed E-state index contributed by atoms with van der Waals surface area (Å²) in [5.74, 6) is -0.877. The monoisotopic (exact) mass is 402 g/mol. The molecule has 1 rings (SSSR count). The number of rotatable bonds is 4. The molecule has 0 aromatic heterocycles. The Morgan fingerprint density at radius 3 is 2.50 bits per heavy atom. The number of halogens is 4. The maximum atomic E-state index is 12.4. The number of non-ortho nitro benzene ring substituents is 1. The molecule has 9 heteroatoms. The minimum absolute atomic E-state index is 0.106. The van der Waals surface area contributed by atoms with Gasteiger partial charge in [-0.2, -0.15) is 13.2 Å². The van der Waals surface area contributed by atoms with Gasteiger partial charge in [-0.25, -0.2) is 0 Å². The molecule has 0 radical (unpaired) electrons. The molecule has 20 heavy (non-hydrogen) atoms. The summed E-state index contributed by atoms with van der Waals surface area (Å²) < 4.78 is 37.5. The third-order valence-corrected chi connectivity index (χ3v) is 3.37. The van der Waals surface area contributed by atoms with Crippen molar-refractivity contribution in [3.63, 3.8) is 0 Å². The molecule has 0 spiro atoms. The molecular formula is C11H10F3IN2O3. The first-order chi connectivity index (χ1) is 9.15. The van der Waals surface area contributed by atoms with Gasteiger partial charge in [-0.3, -0.25) is 14.9 Å². The Balaban J connectivity index is 3.12. The van der Waals surface area contributed by atoms with Crippen molar-refractivity contribution in [3.8, 4) is 0 Å². The molecule has 1 aromatic carbocycles. The Bertz CT molecular complexity index is 534. The zero-order valence-corrected chi connectivity index (χ0v) is 12.4. The molecule has 1 amide bonds. The van der Waals surface area contributed by atoms with Gasteiger partial charge in [0.15, 0.2) is 0 Å². The number of nitro groups is 1. The highest BCUT2D eigenvalue weighted by Gasteiger charge is 2.33. The highest BCUT2D eigenvalue weighted by Crippen LogP contribution is 2.23. The lowest BCUT2D eigenvalue weighted by molar-refractivity contribution is -0.384. The fraction of sp³-hybridized carbons (Fsp3) is 0.364. The Morgan fingerprint density at radius 2 is 2.05 bits per heavy atom. The van der Waals surface area contributed by atoms with Crippen molar-refractivity contribution in [2.75, 3.05) is 13.1 Å². The van der Waals surface area contributed by atoms with Crippen LogP contribution in [0.25, 0.3) is 0 Å². The van der Waals surface area contributed by atoms with Gasteiger partial charge in [-0.1, -0.05) is 0 Å². The van der Waals surface area contributed by atoms with E-state index in [0.29, 0.717) is 8.47 Å². The van der Waals surface area contributed by atoms with Crippen LogP contribution in [0.3, 0.4) is 0 Å². The maximum Gasteiger partial charge on any atom is 0.406 e. The van der Waals surface area contributed by atoms with Crippen LogP contribution in [0.1, 0.15) is 17.3 Å². The largest absolute Gasteiger partial charge is 0.406 e. The first-order valence-electron chi connectivity index (χ1n) is 5.45. The van der Waals surface area contributed by atoms with E-state index >= 15 is 0 Å². The fourth-order valence-corrected chi connectivity index (χ4v) is 2.07.